The predicted molar refractivity (Wildman–Crippen MR) is 50.6 cm³/mol. The quantitative estimate of drug-likeness (QED) is 0.746. The second-order valence-electron chi connectivity index (χ2n) is 3.94. The van der Waals surface area contributed by atoms with Crippen LogP contribution in [-0.4, -0.2) is 11.1 Å². The SMILES string of the molecule is O=C(O)c1cc2c(s1)[C@@H]1CC[C@H]2C1. The zero-order chi connectivity index (χ0) is 9.00. The van der Waals surface area contributed by atoms with E-state index in [1.54, 1.807) is 0 Å². The molecule has 1 heterocycles. The summed E-state index contributed by atoms with van der Waals surface area (Å²) in [5.74, 6) is 0.612. The summed E-state index contributed by atoms with van der Waals surface area (Å²) in [6.45, 7) is 0. The Balaban J connectivity index is 2.11. The summed E-state index contributed by atoms with van der Waals surface area (Å²) in [7, 11) is 0. The van der Waals surface area contributed by atoms with Gasteiger partial charge >= 0.3 is 5.97 Å². The molecular weight excluding hydrogens is 184 g/mol. The van der Waals surface area contributed by atoms with E-state index in [0.29, 0.717) is 16.7 Å². The van der Waals surface area contributed by atoms with Crippen LogP contribution in [0.25, 0.3) is 0 Å². The second-order valence-corrected chi connectivity index (χ2v) is 5.03. The third kappa shape index (κ3) is 0.908. The van der Waals surface area contributed by atoms with E-state index in [9.17, 15) is 4.79 Å². The van der Waals surface area contributed by atoms with Gasteiger partial charge < -0.3 is 5.11 Å². The largest absolute Gasteiger partial charge is 0.477 e. The van der Waals surface area contributed by atoms with Gasteiger partial charge in [0.15, 0.2) is 0 Å². The molecule has 0 amide bonds. The minimum atomic E-state index is -0.765. The first-order valence-electron chi connectivity index (χ1n) is 4.62. The van der Waals surface area contributed by atoms with E-state index < -0.39 is 5.97 Å². The number of aromatic carboxylic acids is 1. The van der Waals surface area contributed by atoms with E-state index in [-0.39, 0.29) is 0 Å². The number of carboxylic acid groups (broad SMARTS) is 1. The van der Waals surface area contributed by atoms with Crippen LogP contribution in [0.2, 0.25) is 0 Å². The lowest BCUT2D eigenvalue weighted by molar-refractivity contribution is 0.0702. The van der Waals surface area contributed by atoms with Crippen molar-refractivity contribution in [2.24, 2.45) is 0 Å². The van der Waals surface area contributed by atoms with Gasteiger partial charge in [-0.1, -0.05) is 0 Å². The Kier molecular flexibility index (Phi) is 1.37. The molecule has 3 rings (SSSR count). The van der Waals surface area contributed by atoms with Gasteiger partial charge in [-0.3, -0.25) is 0 Å². The van der Waals surface area contributed by atoms with Crippen LogP contribution in [0.4, 0.5) is 0 Å². The van der Waals surface area contributed by atoms with Crippen molar-refractivity contribution in [2.45, 2.75) is 31.1 Å². The number of hydrogen-bond donors (Lipinski definition) is 1. The molecular formula is C10H10O2S. The van der Waals surface area contributed by atoms with Crippen molar-refractivity contribution in [2.75, 3.05) is 0 Å². The number of hydrogen-bond acceptors (Lipinski definition) is 2. The maximum atomic E-state index is 10.8. The number of carbonyl (C=O) groups is 1. The topological polar surface area (TPSA) is 37.3 Å². The third-order valence-electron chi connectivity index (χ3n) is 3.25. The molecule has 0 unspecified atom stereocenters. The lowest BCUT2D eigenvalue weighted by atomic mass is 9.99. The van der Waals surface area contributed by atoms with Crippen LogP contribution >= 0.6 is 11.3 Å². The standard InChI is InChI=1S/C10H10O2S/c11-10(12)8-4-7-5-1-2-6(3-5)9(7)13-8/h4-6H,1-3H2,(H,11,12)/t5-,6+/m0/s1. The molecule has 0 spiro atoms. The first-order valence-corrected chi connectivity index (χ1v) is 5.44. The van der Waals surface area contributed by atoms with Crippen molar-refractivity contribution in [1.82, 2.24) is 0 Å². The highest BCUT2D eigenvalue weighted by Crippen LogP contribution is 2.55. The Bertz CT molecular complexity index is 353. The summed E-state index contributed by atoms with van der Waals surface area (Å²) in [6.07, 6.45) is 3.83. The molecule has 68 valence electrons. The van der Waals surface area contributed by atoms with Crippen LogP contribution in [-0.2, 0) is 0 Å². The smallest absolute Gasteiger partial charge is 0.345 e. The molecule has 0 aliphatic heterocycles. The van der Waals surface area contributed by atoms with E-state index >= 15 is 0 Å². The summed E-state index contributed by atoms with van der Waals surface area (Å²) in [6, 6.07) is 1.90. The van der Waals surface area contributed by atoms with Gasteiger partial charge in [0, 0.05) is 4.88 Å². The maximum absolute atomic E-state index is 10.8. The maximum Gasteiger partial charge on any atom is 0.345 e. The molecule has 2 bridgehead atoms. The highest BCUT2D eigenvalue weighted by molar-refractivity contribution is 7.14. The zero-order valence-corrected chi connectivity index (χ0v) is 7.93. The van der Waals surface area contributed by atoms with Crippen molar-refractivity contribution < 1.29 is 9.90 Å². The summed E-state index contributed by atoms with van der Waals surface area (Å²) >= 11 is 1.49. The van der Waals surface area contributed by atoms with Crippen molar-refractivity contribution in [3.8, 4) is 0 Å². The van der Waals surface area contributed by atoms with E-state index in [0.717, 1.165) is 0 Å². The average molecular weight is 194 g/mol. The molecule has 13 heavy (non-hydrogen) atoms. The van der Waals surface area contributed by atoms with Crippen LogP contribution in [0.15, 0.2) is 6.07 Å². The average Bonchev–Trinajstić information content (AvgIpc) is 2.76. The molecule has 2 aliphatic rings. The van der Waals surface area contributed by atoms with Gasteiger partial charge in [0.05, 0.1) is 0 Å². The fraction of sp³-hybridized carbons (Fsp3) is 0.500. The van der Waals surface area contributed by atoms with Crippen molar-refractivity contribution in [3.05, 3.63) is 21.4 Å². The number of fused-ring (bicyclic) bond motifs is 5. The summed E-state index contributed by atoms with van der Waals surface area (Å²) in [5, 5.41) is 8.85. The van der Waals surface area contributed by atoms with Gasteiger partial charge in [0.1, 0.15) is 4.88 Å². The molecule has 3 heteroatoms. The molecule has 0 saturated heterocycles. The molecule has 2 nitrogen and oxygen atoms in total. The highest BCUT2D eigenvalue weighted by Gasteiger charge is 2.39. The first-order chi connectivity index (χ1) is 6.25. The summed E-state index contributed by atoms with van der Waals surface area (Å²) < 4.78 is 0. The van der Waals surface area contributed by atoms with Crippen LogP contribution in [0.1, 0.15) is 51.2 Å². The van der Waals surface area contributed by atoms with E-state index in [1.165, 1.54) is 41.0 Å². The Labute approximate surface area is 80.2 Å². The Morgan fingerprint density at radius 2 is 2.23 bits per heavy atom. The highest BCUT2D eigenvalue weighted by atomic mass is 32.1. The summed E-state index contributed by atoms with van der Waals surface area (Å²) in [4.78, 5) is 12.6. The molecule has 1 fully saturated rings. The molecule has 1 N–H and O–H groups in total. The number of rotatable bonds is 1. The fourth-order valence-electron chi connectivity index (χ4n) is 2.66. The number of carboxylic acids is 1. The molecule has 1 aromatic rings. The van der Waals surface area contributed by atoms with E-state index in [4.69, 9.17) is 5.11 Å². The van der Waals surface area contributed by atoms with Crippen LogP contribution in [0.5, 0.6) is 0 Å². The predicted octanol–water partition coefficient (Wildman–Crippen LogP) is 2.81. The Morgan fingerprint density at radius 3 is 2.92 bits per heavy atom. The van der Waals surface area contributed by atoms with Gasteiger partial charge in [-0.2, -0.15) is 0 Å². The van der Waals surface area contributed by atoms with Crippen molar-refractivity contribution in [1.29, 1.82) is 0 Å². The Hall–Kier alpha value is -0.830. The normalized spacial score (nSPS) is 29.2. The summed E-state index contributed by atoms with van der Waals surface area (Å²) in [5.41, 5.74) is 1.35. The van der Waals surface area contributed by atoms with Crippen molar-refractivity contribution in [3.63, 3.8) is 0 Å². The zero-order valence-electron chi connectivity index (χ0n) is 7.12. The monoisotopic (exact) mass is 194 g/mol. The molecule has 2 aliphatic carbocycles. The van der Waals surface area contributed by atoms with Crippen LogP contribution in [0, 0.1) is 0 Å². The Morgan fingerprint density at radius 1 is 1.46 bits per heavy atom. The fourth-order valence-corrected chi connectivity index (χ4v) is 3.90. The van der Waals surface area contributed by atoms with Gasteiger partial charge in [-0.15, -0.1) is 11.3 Å². The molecule has 1 saturated carbocycles. The molecule has 0 aromatic carbocycles. The third-order valence-corrected chi connectivity index (χ3v) is 4.55. The van der Waals surface area contributed by atoms with Gasteiger partial charge in [-0.25, -0.2) is 4.79 Å². The number of thiophene rings is 1. The second kappa shape index (κ2) is 2.35. The van der Waals surface area contributed by atoms with Crippen LogP contribution in [0.3, 0.4) is 0 Å². The van der Waals surface area contributed by atoms with E-state index in [1.807, 2.05) is 6.07 Å². The molecule has 2 atom stereocenters. The molecule has 1 aromatic heterocycles. The van der Waals surface area contributed by atoms with E-state index in [2.05, 4.69) is 0 Å². The van der Waals surface area contributed by atoms with Gasteiger partial charge in [-0.05, 0) is 42.7 Å². The van der Waals surface area contributed by atoms with Gasteiger partial charge in [0.2, 0.25) is 0 Å². The molecule has 0 radical (unpaired) electrons. The van der Waals surface area contributed by atoms with Crippen LogP contribution < -0.4 is 0 Å². The van der Waals surface area contributed by atoms with Crippen molar-refractivity contribution >= 4 is 17.3 Å². The lowest BCUT2D eigenvalue weighted by Gasteiger charge is -2.07. The van der Waals surface area contributed by atoms with Gasteiger partial charge in [0.25, 0.3) is 0 Å². The minimum absolute atomic E-state index is 0.529. The minimum Gasteiger partial charge on any atom is -0.477 e. The first kappa shape index (κ1) is 7.56. The lowest BCUT2D eigenvalue weighted by Crippen LogP contribution is -1.92.